The molecule has 1 rings (SSSR count). The number of anilines is 1. The van der Waals surface area contributed by atoms with E-state index in [0.717, 1.165) is 22.3 Å². The molecule has 0 bridgehead atoms. The highest BCUT2D eigenvalue weighted by Crippen LogP contribution is 2.23. The van der Waals surface area contributed by atoms with Crippen LogP contribution in [0.4, 0.5) is 5.69 Å². The Bertz CT molecular complexity index is 349. The van der Waals surface area contributed by atoms with Gasteiger partial charge in [0.15, 0.2) is 5.78 Å². The summed E-state index contributed by atoms with van der Waals surface area (Å²) < 4.78 is 0.864. The quantitative estimate of drug-likeness (QED) is 0.774. The van der Waals surface area contributed by atoms with Gasteiger partial charge in [-0.15, -0.1) is 0 Å². The molecule has 0 radical (unpaired) electrons. The van der Waals surface area contributed by atoms with Crippen molar-refractivity contribution in [2.75, 3.05) is 18.5 Å². The lowest BCUT2D eigenvalue weighted by atomic mass is 10.1. The summed E-state index contributed by atoms with van der Waals surface area (Å²) in [4.78, 5) is 13.3. The third kappa shape index (κ3) is 2.35. The van der Waals surface area contributed by atoms with Crippen molar-refractivity contribution in [2.45, 2.75) is 13.8 Å². The van der Waals surface area contributed by atoms with Crippen LogP contribution in [0.2, 0.25) is 0 Å². The molecule has 0 aliphatic rings. The summed E-state index contributed by atoms with van der Waals surface area (Å²) in [7, 11) is 2.02. The Morgan fingerprint density at radius 2 is 2.14 bits per heavy atom. The van der Waals surface area contributed by atoms with E-state index in [0.29, 0.717) is 0 Å². The Labute approximate surface area is 93.0 Å². The third-order valence-electron chi connectivity index (χ3n) is 2.25. The summed E-state index contributed by atoms with van der Waals surface area (Å²) in [5, 5.41) is 0. The fourth-order valence-corrected chi connectivity index (χ4v) is 1.86. The van der Waals surface area contributed by atoms with Crippen molar-refractivity contribution >= 4 is 27.4 Å². The molecule has 0 aliphatic carbocycles. The van der Waals surface area contributed by atoms with E-state index in [1.165, 1.54) is 0 Å². The second-order valence-corrected chi connectivity index (χ2v) is 4.09. The number of hydrogen-bond donors (Lipinski definition) is 0. The molecule has 2 nitrogen and oxygen atoms in total. The molecule has 0 spiro atoms. The van der Waals surface area contributed by atoms with E-state index >= 15 is 0 Å². The lowest BCUT2D eigenvalue weighted by Gasteiger charge is -2.17. The largest absolute Gasteiger partial charge is 0.375 e. The summed E-state index contributed by atoms with van der Waals surface area (Å²) in [6.07, 6.45) is 0. The van der Waals surface area contributed by atoms with Crippen LogP contribution in [-0.2, 0) is 0 Å². The molecular weight excluding hydrogens is 242 g/mol. The number of carbonyl (C=O) groups is 1. The minimum Gasteiger partial charge on any atom is -0.375 e. The Morgan fingerprint density at radius 3 is 2.57 bits per heavy atom. The summed E-state index contributed by atoms with van der Waals surface area (Å²) >= 11 is 3.40. The average molecular weight is 256 g/mol. The Kier molecular flexibility index (Phi) is 3.69. The van der Waals surface area contributed by atoms with Crippen LogP contribution in [0.25, 0.3) is 0 Å². The van der Waals surface area contributed by atoms with Crippen molar-refractivity contribution in [1.82, 2.24) is 0 Å². The number of carbonyl (C=O) groups excluding carboxylic acids is 1. The summed E-state index contributed by atoms with van der Waals surface area (Å²) in [5.74, 6) is 0.0857. The predicted molar refractivity (Wildman–Crippen MR) is 63.1 cm³/mol. The fraction of sp³-hybridized carbons (Fsp3) is 0.364. The molecule has 0 heterocycles. The minimum absolute atomic E-state index is 0.0857. The van der Waals surface area contributed by atoms with Gasteiger partial charge in [-0.25, -0.2) is 0 Å². The number of hydrogen-bond acceptors (Lipinski definition) is 2. The number of rotatable bonds is 3. The highest BCUT2D eigenvalue weighted by Gasteiger charge is 2.06. The first-order valence-corrected chi connectivity index (χ1v) is 5.37. The molecule has 0 fully saturated rings. The molecule has 1 aromatic rings. The Balaban J connectivity index is 3.06. The smallest absolute Gasteiger partial charge is 0.160 e. The SMILES string of the molecule is CCN(C)c1ccc(C(C)=O)c(Br)c1. The van der Waals surface area contributed by atoms with Crippen LogP contribution in [0.15, 0.2) is 22.7 Å². The van der Waals surface area contributed by atoms with E-state index in [4.69, 9.17) is 0 Å². The maximum absolute atomic E-state index is 11.2. The van der Waals surface area contributed by atoms with E-state index in [9.17, 15) is 4.79 Å². The lowest BCUT2D eigenvalue weighted by Crippen LogP contribution is -2.15. The van der Waals surface area contributed by atoms with Crippen LogP contribution in [0.5, 0.6) is 0 Å². The van der Waals surface area contributed by atoms with Crippen molar-refractivity contribution in [2.24, 2.45) is 0 Å². The first-order valence-electron chi connectivity index (χ1n) is 4.58. The number of Topliss-reactive ketones (excluding diaryl/α,β-unsaturated/α-hetero) is 1. The van der Waals surface area contributed by atoms with Crippen LogP contribution in [0.1, 0.15) is 24.2 Å². The Morgan fingerprint density at radius 1 is 1.50 bits per heavy atom. The van der Waals surface area contributed by atoms with Crippen molar-refractivity contribution < 1.29 is 4.79 Å². The van der Waals surface area contributed by atoms with E-state index < -0.39 is 0 Å². The van der Waals surface area contributed by atoms with E-state index in [1.54, 1.807) is 6.92 Å². The predicted octanol–water partition coefficient (Wildman–Crippen LogP) is 3.11. The van der Waals surface area contributed by atoms with Gasteiger partial charge >= 0.3 is 0 Å². The number of benzene rings is 1. The van der Waals surface area contributed by atoms with Gasteiger partial charge in [-0.1, -0.05) is 0 Å². The Hall–Kier alpha value is -0.830. The van der Waals surface area contributed by atoms with Gasteiger partial charge in [-0.2, -0.15) is 0 Å². The first-order chi connectivity index (χ1) is 6.56. The van der Waals surface area contributed by atoms with Gasteiger partial charge < -0.3 is 4.90 Å². The topological polar surface area (TPSA) is 20.3 Å². The van der Waals surface area contributed by atoms with E-state index in [1.807, 2.05) is 25.2 Å². The second kappa shape index (κ2) is 4.60. The van der Waals surface area contributed by atoms with Crippen LogP contribution in [-0.4, -0.2) is 19.4 Å². The molecule has 0 atom stereocenters. The van der Waals surface area contributed by atoms with E-state index in [2.05, 4.69) is 27.8 Å². The molecule has 76 valence electrons. The van der Waals surface area contributed by atoms with E-state index in [-0.39, 0.29) is 5.78 Å². The van der Waals surface area contributed by atoms with Gasteiger partial charge in [0.05, 0.1) is 0 Å². The maximum atomic E-state index is 11.2. The minimum atomic E-state index is 0.0857. The highest BCUT2D eigenvalue weighted by atomic mass is 79.9. The molecule has 1 aromatic carbocycles. The van der Waals surface area contributed by atoms with Gasteiger partial charge in [0.25, 0.3) is 0 Å². The molecule has 0 aromatic heterocycles. The number of nitrogens with zero attached hydrogens (tertiary/aromatic N) is 1. The van der Waals surface area contributed by atoms with Crippen LogP contribution >= 0.6 is 15.9 Å². The summed E-state index contributed by atoms with van der Waals surface area (Å²) in [6, 6.07) is 5.79. The van der Waals surface area contributed by atoms with Crippen molar-refractivity contribution in [3.63, 3.8) is 0 Å². The molecular formula is C11H14BrNO. The summed E-state index contributed by atoms with van der Waals surface area (Å²) in [5.41, 5.74) is 1.85. The number of ketones is 1. The van der Waals surface area contributed by atoms with Crippen molar-refractivity contribution in [1.29, 1.82) is 0 Å². The fourth-order valence-electron chi connectivity index (χ4n) is 1.21. The van der Waals surface area contributed by atoms with Crippen molar-refractivity contribution in [3.05, 3.63) is 28.2 Å². The average Bonchev–Trinajstić information content (AvgIpc) is 2.15. The van der Waals surface area contributed by atoms with Crippen LogP contribution in [0.3, 0.4) is 0 Å². The standard InChI is InChI=1S/C11H14BrNO/c1-4-13(3)9-5-6-10(8(2)14)11(12)7-9/h5-7H,4H2,1-3H3. The molecule has 0 unspecified atom stereocenters. The lowest BCUT2D eigenvalue weighted by molar-refractivity contribution is 0.101. The molecule has 0 amide bonds. The van der Waals surface area contributed by atoms with Gasteiger partial charge in [0.1, 0.15) is 0 Å². The van der Waals surface area contributed by atoms with Gasteiger partial charge in [0.2, 0.25) is 0 Å². The first kappa shape index (κ1) is 11.2. The zero-order valence-electron chi connectivity index (χ0n) is 8.67. The molecule has 0 aliphatic heterocycles. The second-order valence-electron chi connectivity index (χ2n) is 3.23. The zero-order valence-corrected chi connectivity index (χ0v) is 10.3. The highest BCUT2D eigenvalue weighted by molar-refractivity contribution is 9.10. The monoisotopic (exact) mass is 255 g/mol. The summed E-state index contributed by atoms with van der Waals surface area (Å²) in [6.45, 7) is 4.61. The van der Waals surface area contributed by atoms with Crippen LogP contribution in [0, 0.1) is 0 Å². The molecule has 0 saturated heterocycles. The number of halogens is 1. The van der Waals surface area contributed by atoms with Gasteiger partial charge in [-0.3, -0.25) is 4.79 Å². The molecule has 0 saturated carbocycles. The molecule has 3 heteroatoms. The van der Waals surface area contributed by atoms with Crippen molar-refractivity contribution in [3.8, 4) is 0 Å². The molecule has 14 heavy (non-hydrogen) atoms. The maximum Gasteiger partial charge on any atom is 0.160 e. The van der Waals surface area contributed by atoms with Gasteiger partial charge in [0, 0.05) is 29.3 Å². The molecule has 0 N–H and O–H groups in total. The normalized spacial score (nSPS) is 10.0. The zero-order chi connectivity index (χ0) is 10.7. The third-order valence-corrected chi connectivity index (χ3v) is 2.90. The van der Waals surface area contributed by atoms with Gasteiger partial charge in [-0.05, 0) is 48.0 Å². The van der Waals surface area contributed by atoms with Crippen LogP contribution < -0.4 is 4.90 Å².